The molecule has 1 N–H and O–H groups in total. The van der Waals surface area contributed by atoms with Gasteiger partial charge in [-0.15, -0.1) is 11.3 Å². The fourth-order valence-electron chi connectivity index (χ4n) is 1.61. The van der Waals surface area contributed by atoms with Gasteiger partial charge in [0, 0.05) is 17.8 Å². The molecule has 5 nitrogen and oxygen atoms in total. The second-order valence-electron chi connectivity index (χ2n) is 3.90. The largest absolute Gasteiger partial charge is 0.469 e. The van der Waals surface area contributed by atoms with Crippen LogP contribution in [0.25, 0.3) is 0 Å². The van der Waals surface area contributed by atoms with Crippen LogP contribution in [0.3, 0.4) is 0 Å². The van der Waals surface area contributed by atoms with Gasteiger partial charge in [-0.3, -0.25) is 0 Å². The SMILES string of the molecule is CCOC(=O)c1nc(NCCc2ccco2)sc1C. The van der Waals surface area contributed by atoms with Crippen LogP contribution >= 0.6 is 11.3 Å². The normalized spacial score (nSPS) is 10.4. The number of rotatable bonds is 6. The van der Waals surface area contributed by atoms with Crippen molar-refractivity contribution >= 4 is 22.4 Å². The van der Waals surface area contributed by atoms with E-state index in [2.05, 4.69) is 10.3 Å². The predicted molar refractivity (Wildman–Crippen MR) is 73.7 cm³/mol. The van der Waals surface area contributed by atoms with Gasteiger partial charge >= 0.3 is 5.97 Å². The summed E-state index contributed by atoms with van der Waals surface area (Å²) in [6.07, 6.45) is 2.43. The maximum Gasteiger partial charge on any atom is 0.358 e. The van der Waals surface area contributed by atoms with Crippen LogP contribution in [0.2, 0.25) is 0 Å². The Hall–Kier alpha value is -1.82. The number of nitrogens with zero attached hydrogens (tertiary/aromatic N) is 1. The summed E-state index contributed by atoms with van der Waals surface area (Å²) in [6, 6.07) is 3.79. The molecule has 102 valence electrons. The smallest absolute Gasteiger partial charge is 0.358 e. The maximum absolute atomic E-state index is 11.6. The Morgan fingerprint density at radius 3 is 3.11 bits per heavy atom. The molecule has 2 aromatic heterocycles. The van der Waals surface area contributed by atoms with Gasteiger partial charge < -0.3 is 14.5 Å². The van der Waals surface area contributed by atoms with E-state index < -0.39 is 0 Å². The molecule has 0 radical (unpaired) electrons. The molecule has 0 aliphatic carbocycles. The lowest BCUT2D eigenvalue weighted by molar-refractivity contribution is 0.0519. The van der Waals surface area contributed by atoms with Crippen molar-refractivity contribution in [2.75, 3.05) is 18.5 Å². The van der Waals surface area contributed by atoms with Crippen LogP contribution in [0.5, 0.6) is 0 Å². The topological polar surface area (TPSA) is 64.4 Å². The molecule has 0 saturated carbocycles. The molecule has 0 bridgehead atoms. The third kappa shape index (κ3) is 3.57. The van der Waals surface area contributed by atoms with Crippen molar-refractivity contribution < 1.29 is 13.9 Å². The third-order valence-electron chi connectivity index (χ3n) is 2.49. The number of aromatic nitrogens is 1. The van der Waals surface area contributed by atoms with Crippen molar-refractivity contribution in [2.24, 2.45) is 0 Å². The lowest BCUT2D eigenvalue weighted by atomic mass is 10.3. The van der Waals surface area contributed by atoms with E-state index >= 15 is 0 Å². The summed E-state index contributed by atoms with van der Waals surface area (Å²) in [7, 11) is 0. The van der Waals surface area contributed by atoms with Gasteiger partial charge in [0.15, 0.2) is 10.8 Å². The molecule has 0 fully saturated rings. The zero-order valence-electron chi connectivity index (χ0n) is 10.9. The van der Waals surface area contributed by atoms with E-state index in [9.17, 15) is 4.79 Å². The summed E-state index contributed by atoms with van der Waals surface area (Å²) in [4.78, 5) is 16.7. The molecule has 0 saturated heterocycles. The number of furan rings is 1. The van der Waals surface area contributed by atoms with E-state index in [1.165, 1.54) is 11.3 Å². The zero-order chi connectivity index (χ0) is 13.7. The van der Waals surface area contributed by atoms with Gasteiger partial charge in [-0.1, -0.05) is 0 Å². The number of carbonyl (C=O) groups is 1. The van der Waals surface area contributed by atoms with E-state index in [-0.39, 0.29) is 5.97 Å². The average Bonchev–Trinajstić information content (AvgIpc) is 2.99. The quantitative estimate of drug-likeness (QED) is 0.824. The number of carbonyl (C=O) groups excluding carboxylic acids is 1. The lowest BCUT2D eigenvalue weighted by Crippen LogP contribution is -2.08. The number of anilines is 1. The Bertz CT molecular complexity index is 534. The summed E-state index contributed by atoms with van der Waals surface area (Å²) in [5.74, 6) is 0.557. The van der Waals surface area contributed by atoms with Crippen molar-refractivity contribution in [3.63, 3.8) is 0 Å². The highest BCUT2D eigenvalue weighted by Gasteiger charge is 2.16. The Kier molecular flexibility index (Phi) is 4.57. The van der Waals surface area contributed by atoms with Crippen molar-refractivity contribution in [1.82, 2.24) is 4.98 Å². The van der Waals surface area contributed by atoms with Crippen LogP contribution < -0.4 is 5.32 Å². The van der Waals surface area contributed by atoms with Crippen LogP contribution in [0, 0.1) is 6.92 Å². The zero-order valence-corrected chi connectivity index (χ0v) is 11.8. The Balaban J connectivity index is 1.90. The average molecular weight is 280 g/mol. The lowest BCUT2D eigenvalue weighted by Gasteiger charge is -2.00. The van der Waals surface area contributed by atoms with Gasteiger partial charge in [0.05, 0.1) is 12.9 Å². The van der Waals surface area contributed by atoms with Gasteiger partial charge in [-0.2, -0.15) is 0 Å². The minimum atomic E-state index is -0.365. The maximum atomic E-state index is 11.6. The second-order valence-corrected chi connectivity index (χ2v) is 5.10. The minimum Gasteiger partial charge on any atom is -0.469 e. The number of thiazole rings is 1. The molecule has 0 unspecified atom stereocenters. The van der Waals surface area contributed by atoms with Gasteiger partial charge in [0.1, 0.15) is 5.76 Å². The Morgan fingerprint density at radius 2 is 2.42 bits per heavy atom. The first-order chi connectivity index (χ1) is 9.20. The molecule has 0 amide bonds. The molecule has 19 heavy (non-hydrogen) atoms. The second kappa shape index (κ2) is 6.38. The van der Waals surface area contributed by atoms with Gasteiger partial charge in [0.25, 0.3) is 0 Å². The first-order valence-corrected chi connectivity index (χ1v) is 6.93. The van der Waals surface area contributed by atoms with E-state index in [0.29, 0.717) is 18.8 Å². The summed E-state index contributed by atoms with van der Waals surface area (Å²) in [6.45, 7) is 4.71. The number of ether oxygens (including phenoxy) is 1. The van der Waals surface area contributed by atoms with E-state index in [1.54, 1.807) is 13.2 Å². The molecule has 2 rings (SSSR count). The molecule has 0 atom stereocenters. The van der Waals surface area contributed by atoms with Crippen LogP contribution in [0.4, 0.5) is 5.13 Å². The van der Waals surface area contributed by atoms with Crippen LogP contribution in [0.15, 0.2) is 22.8 Å². The van der Waals surface area contributed by atoms with E-state index in [1.807, 2.05) is 19.1 Å². The molecular formula is C13H16N2O3S. The van der Waals surface area contributed by atoms with Gasteiger partial charge in [-0.05, 0) is 26.0 Å². The highest BCUT2D eigenvalue weighted by molar-refractivity contribution is 7.15. The summed E-state index contributed by atoms with van der Waals surface area (Å²) >= 11 is 1.45. The van der Waals surface area contributed by atoms with E-state index in [0.717, 1.165) is 22.2 Å². The molecule has 2 aromatic rings. The Labute approximate surface area is 115 Å². The molecule has 0 spiro atoms. The number of hydrogen-bond acceptors (Lipinski definition) is 6. The summed E-state index contributed by atoms with van der Waals surface area (Å²) in [5, 5.41) is 3.91. The highest BCUT2D eigenvalue weighted by atomic mass is 32.1. The van der Waals surface area contributed by atoms with Crippen molar-refractivity contribution in [3.8, 4) is 0 Å². The number of hydrogen-bond donors (Lipinski definition) is 1. The number of aryl methyl sites for hydroxylation is 1. The fraction of sp³-hybridized carbons (Fsp3) is 0.385. The van der Waals surface area contributed by atoms with E-state index in [4.69, 9.17) is 9.15 Å². The Morgan fingerprint density at radius 1 is 1.58 bits per heavy atom. The molecule has 0 aromatic carbocycles. The molecule has 6 heteroatoms. The van der Waals surface area contributed by atoms with Crippen molar-refractivity contribution in [2.45, 2.75) is 20.3 Å². The van der Waals surface area contributed by atoms with Crippen molar-refractivity contribution in [1.29, 1.82) is 0 Å². The summed E-state index contributed by atoms with van der Waals surface area (Å²) in [5.41, 5.74) is 0.396. The molecule has 0 aliphatic heterocycles. The van der Waals surface area contributed by atoms with Crippen LogP contribution in [0.1, 0.15) is 28.0 Å². The third-order valence-corrected chi connectivity index (χ3v) is 3.42. The monoisotopic (exact) mass is 280 g/mol. The highest BCUT2D eigenvalue weighted by Crippen LogP contribution is 2.22. The van der Waals surface area contributed by atoms with Gasteiger partial charge in [0.2, 0.25) is 0 Å². The predicted octanol–water partition coefficient (Wildman–Crippen LogP) is 2.88. The van der Waals surface area contributed by atoms with Crippen molar-refractivity contribution in [3.05, 3.63) is 34.7 Å². The molecular weight excluding hydrogens is 264 g/mol. The standard InChI is InChI=1S/C13H16N2O3S/c1-3-17-12(16)11-9(2)19-13(15-11)14-7-6-10-5-4-8-18-10/h4-5,8H,3,6-7H2,1-2H3,(H,14,15). The number of nitrogens with one attached hydrogen (secondary N) is 1. The molecule has 2 heterocycles. The van der Waals surface area contributed by atoms with Crippen LogP contribution in [-0.2, 0) is 11.2 Å². The minimum absolute atomic E-state index is 0.358. The number of esters is 1. The fourth-order valence-corrected chi connectivity index (χ4v) is 2.44. The van der Waals surface area contributed by atoms with Crippen LogP contribution in [-0.4, -0.2) is 24.1 Å². The summed E-state index contributed by atoms with van der Waals surface area (Å²) < 4.78 is 10.2. The molecule has 0 aliphatic rings. The van der Waals surface area contributed by atoms with Gasteiger partial charge in [-0.25, -0.2) is 9.78 Å². The first kappa shape index (κ1) is 13.6. The first-order valence-electron chi connectivity index (χ1n) is 6.11.